The van der Waals surface area contributed by atoms with Crippen LogP contribution >= 0.6 is 0 Å². The van der Waals surface area contributed by atoms with Crippen molar-refractivity contribution in [3.05, 3.63) is 60.3 Å². The van der Waals surface area contributed by atoms with Gasteiger partial charge in [-0.05, 0) is 59.3 Å². The molecule has 0 unspecified atom stereocenters. The molecule has 0 fully saturated rings. The van der Waals surface area contributed by atoms with E-state index in [0.29, 0.717) is 11.3 Å². The number of rotatable bonds is 8. The van der Waals surface area contributed by atoms with E-state index in [9.17, 15) is 18.3 Å². The minimum absolute atomic E-state index is 0.0212. The van der Waals surface area contributed by atoms with Gasteiger partial charge >= 0.3 is 5.97 Å². The van der Waals surface area contributed by atoms with Crippen LogP contribution in [0.3, 0.4) is 0 Å². The van der Waals surface area contributed by atoms with Crippen LogP contribution in [0.25, 0.3) is 10.9 Å². The van der Waals surface area contributed by atoms with Crippen LogP contribution in [-0.4, -0.2) is 41.9 Å². The van der Waals surface area contributed by atoms with Gasteiger partial charge in [-0.3, -0.25) is 4.79 Å². The van der Waals surface area contributed by atoms with E-state index in [1.54, 1.807) is 38.2 Å². The highest BCUT2D eigenvalue weighted by Gasteiger charge is 2.38. The van der Waals surface area contributed by atoms with Crippen molar-refractivity contribution in [2.45, 2.75) is 31.3 Å². The molecular weight excluding hydrogens is 392 g/mol. The van der Waals surface area contributed by atoms with Gasteiger partial charge in [0.15, 0.2) is 0 Å². The number of methoxy groups -OCH3 is 1. The van der Waals surface area contributed by atoms with E-state index in [4.69, 9.17) is 4.74 Å². The van der Waals surface area contributed by atoms with Gasteiger partial charge in [0.05, 0.1) is 12.0 Å². The van der Waals surface area contributed by atoms with Crippen LogP contribution in [0.2, 0.25) is 0 Å². The number of benzene rings is 2. The molecule has 1 heterocycles. The number of nitrogens with zero attached hydrogens (tertiary/aromatic N) is 1. The fraction of sp³-hybridized carbons (Fsp3) is 0.286. The maximum Gasteiger partial charge on any atom is 0.322 e. The van der Waals surface area contributed by atoms with E-state index >= 15 is 0 Å². The number of hydrogen-bond donors (Lipinski definition) is 2. The standard InChI is InChI=1S/C21H24N2O5S/c1-14(2)20(21(24)25)23(13-15-4-9-19-16(12-15)10-11-22-19)29(26,27)18-7-5-17(28-3)6-8-18/h4-12,14,20,22H,13H2,1-3H3,(H,24,25)/t20-/m1/s1. The SMILES string of the molecule is COc1ccc(S(=O)(=O)N(Cc2ccc3[nH]ccc3c2)[C@@H](C(=O)O)C(C)C)cc1. The van der Waals surface area contributed by atoms with Crippen molar-refractivity contribution in [3.8, 4) is 5.75 Å². The number of carbonyl (C=O) groups is 1. The third-order valence-corrected chi connectivity index (χ3v) is 6.66. The Hall–Kier alpha value is -2.84. The van der Waals surface area contributed by atoms with Gasteiger partial charge in [-0.15, -0.1) is 0 Å². The summed E-state index contributed by atoms with van der Waals surface area (Å²) in [5, 5.41) is 10.7. The minimum Gasteiger partial charge on any atom is -0.497 e. The van der Waals surface area contributed by atoms with Crippen LogP contribution < -0.4 is 4.74 Å². The Bertz CT molecular complexity index is 1100. The zero-order valence-corrected chi connectivity index (χ0v) is 17.3. The largest absolute Gasteiger partial charge is 0.497 e. The fourth-order valence-electron chi connectivity index (χ4n) is 3.34. The van der Waals surface area contributed by atoms with Gasteiger partial charge in [0.25, 0.3) is 0 Å². The summed E-state index contributed by atoms with van der Waals surface area (Å²) < 4.78 is 33.0. The molecule has 29 heavy (non-hydrogen) atoms. The Morgan fingerprint density at radius 3 is 2.41 bits per heavy atom. The molecule has 0 bridgehead atoms. The predicted octanol–water partition coefficient (Wildman–Crippen LogP) is 3.48. The second-order valence-corrected chi connectivity index (χ2v) is 9.04. The van der Waals surface area contributed by atoms with E-state index < -0.39 is 28.0 Å². The number of aromatic nitrogens is 1. The zero-order chi connectivity index (χ0) is 21.2. The first kappa shape index (κ1) is 20.9. The lowest BCUT2D eigenvalue weighted by molar-refractivity contribution is -0.143. The zero-order valence-electron chi connectivity index (χ0n) is 16.5. The summed E-state index contributed by atoms with van der Waals surface area (Å²) >= 11 is 0. The first-order valence-corrected chi connectivity index (χ1v) is 10.6. The van der Waals surface area contributed by atoms with Crippen LogP contribution in [0, 0.1) is 5.92 Å². The number of hydrogen-bond acceptors (Lipinski definition) is 4. The van der Waals surface area contributed by atoms with Gasteiger partial charge in [0.2, 0.25) is 10.0 Å². The monoisotopic (exact) mass is 416 g/mol. The summed E-state index contributed by atoms with van der Waals surface area (Å²) in [6, 6.07) is 12.1. The quantitative estimate of drug-likeness (QED) is 0.586. The fourth-order valence-corrected chi connectivity index (χ4v) is 5.04. The second kappa shape index (κ2) is 8.26. The van der Waals surface area contributed by atoms with E-state index in [2.05, 4.69) is 4.98 Å². The topological polar surface area (TPSA) is 99.7 Å². The van der Waals surface area contributed by atoms with Crippen molar-refractivity contribution in [1.82, 2.24) is 9.29 Å². The molecule has 0 saturated carbocycles. The lowest BCUT2D eigenvalue weighted by Gasteiger charge is -2.30. The molecule has 0 amide bonds. The molecule has 2 aromatic carbocycles. The molecule has 1 atom stereocenters. The smallest absolute Gasteiger partial charge is 0.322 e. The Labute approximate surface area is 170 Å². The summed E-state index contributed by atoms with van der Waals surface area (Å²) in [5.74, 6) is -1.08. The second-order valence-electron chi connectivity index (χ2n) is 7.15. The molecule has 2 N–H and O–H groups in total. The summed E-state index contributed by atoms with van der Waals surface area (Å²) in [6.07, 6.45) is 1.80. The van der Waals surface area contributed by atoms with Gasteiger partial charge in [0, 0.05) is 18.3 Å². The lowest BCUT2D eigenvalue weighted by Crippen LogP contribution is -2.47. The first-order valence-electron chi connectivity index (χ1n) is 9.18. The molecule has 0 radical (unpaired) electrons. The van der Waals surface area contributed by atoms with Gasteiger partial charge in [-0.2, -0.15) is 4.31 Å². The lowest BCUT2D eigenvalue weighted by atomic mass is 10.0. The highest BCUT2D eigenvalue weighted by Crippen LogP contribution is 2.27. The Morgan fingerprint density at radius 2 is 1.83 bits per heavy atom. The molecule has 7 nitrogen and oxygen atoms in total. The molecule has 1 aromatic heterocycles. The summed E-state index contributed by atoms with van der Waals surface area (Å²) in [6.45, 7) is 3.35. The highest BCUT2D eigenvalue weighted by molar-refractivity contribution is 7.89. The number of fused-ring (bicyclic) bond motifs is 1. The molecular formula is C21H24N2O5S. The number of carboxylic acid groups (broad SMARTS) is 1. The van der Waals surface area contributed by atoms with Crippen molar-refractivity contribution in [1.29, 1.82) is 0 Å². The van der Waals surface area contributed by atoms with Crippen LogP contribution in [0.4, 0.5) is 0 Å². The van der Waals surface area contributed by atoms with Gasteiger partial charge in [-0.1, -0.05) is 19.9 Å². The first-order chi connectivity index (χ1) is 13.7. The number of carboxylic acids is 1. The van der Waals surface area contributed by atoms with E-state index in [-0.39, 0.29) is 11.4 Å². The van der Waals surface area contributed by atoms with Crippen molar-refractivity contribution in [2.24, 2.45) is 5.92 Å². The third kappa shape index (κ3) is 4.28. The Kier molecular flexibility index (Phi) is 5.95. The molecule has 0 aliphatic carbocycles. The van der Waals surface area contributed by atoms with Crippen LogP contribution in [-0.2, 0) is 21.4 Å². The van der Waals surface area contributed by atoms with Crippen molar-refractivity contribution < 1.29 is 23.1 Å². The molecule has 0 aliphatic rings. The summed E-state index contributed by atoms with van der Waals surface area (Å²) in [5.41, 5.74) is 1.64. The molecule has 0 spiro atoms. The molecule has 0 aliphatic heterocycles. The maximum atomic E-state index is 13.4. The average Bonchev–Trinajstić information content (AvgIpc) is 3.14. The van der Waals surface area contributed by atoms with E-state index in [1.165, 1.54) is 19.2 Å². The average molecular weight is 416 g/mol. The molecule has 0 saturated heterocycles. The van der Waals surface area contributed by atoms with Crippen LogP contribution in [0.15, 0.2) is 59.6 Å². The molecule has 3 rings (SSSR count). The number of H-pyrrole nitrogens is 1. The van der Waals surface area contributed by atoms with Gasteiger partial charge < -0.3 is 14.8 Å². The van der Waals surface area contributed by atoms with E-state index in [1.807, 2.05) is 18.2 Å². The van der Waals surface area contributed by atoms with Gasteiger partial charge in [-0.25, -0.2) is 8.42 Å². The van der Waals surface area contributed by atoms with Crippen LogP contribution in [0.5, 0.6) is 5.75 Å². The van der Waals surface area contributed by atoms with Crippen LogP contribution in [0.1, 0.15) is 19.4 Å². The predicted molar refractivity (Wildman–Crippen MR) is 110 cm³/mol. The minimum atomic E-state index is -4.06. The van der Waals surface area contributed by atoms with Crippen molar-refractivity contribution in [2.75, 3.05) is 7.11 Å². The Balaban J connectivity index is 2.06. The summed E-state index contributed by atoms with van der Waals surface area (Å²) in [7, 11) is -2.57. The third-order valence-electron chi connectivity index (χ3n) is 4.82. The van der Waals surface area contributed by atoms with E-state index in [0.717, 1.165) is 15.2 Å². The maximum absolute atomic E-state index is 13.4. The van der Waals surface area contributed by atoms with Crippen molar-refractivity contribution >= 4 is 26.9 Å². The molecule has 154 valence electrons. The Morgan fingerprint density at radius 1 is 1.14 bits per heavy atom. The van der Waals surface area contributed by atoms with Gasteiger partial charge in [0.1, 0.15) is 11.8 Å². The normalized spacial score (nSPS) is 13.1. The number of aliphatic carboxylic acids is 1. The number of nitrogens with one attached hydrogen (secondary N) is 1. The molecule has 3 aromatic rings. The highest BCUT2D eigenvalue weighted by atomic mass is 32.2. The summed E-state index contributed by atoms with van der Waals surface area (Å²) in [4.78, 5) is 15.1. The number of sulfonamides is 1. The molecule has 8 heteroatoms. The number of ether oxygens (including phenoxy) is 1. The number of aromatic amines is 1. The van der Waals surface area contributed by atoms with Crippen molar-refractivity contribution in [3.63, 3.8) is 0 Å².